The van der Waals surface area contributed by atoms with Crippen LogP contribution in [-0.2, 0) is 24.0 Å². The van der Waals surface area contributed by atoms with Crippen molar-refractivity contribution in [3.8, 4) is 0 Å². The molecule has 0 aromatic rings. The number of carbonyl (C=O) groups excluding carboxylic acids is 4. The molecule has 0 spiro atoms. The fraction of sp³-hybridized carbons (Fsp3) is 0.688. The van der Waals surface area contributed by atoms with Crippen LogP contribution in [0.5, 0.6) is 0 Å². The van der Waals surface area contributed by atoms with E-state index in [1.165, 1.54) is 18.7 Å². The SMILES string of the molecule is CSCCC(NC(=O)C(CS)NC(=O)C(N)CCC(N)=O)C(=O)NC(C)C(=O)O. The molecule has 4 atom stereocenters. The van der Waals surface area contributed by atoms with Crippen molar-refractivity contribution in [2.45, 2.75) is 50.4 Å². The highest BCUT2D eigenvalue weighted by Crippen LogP contribution is 2.03. The molecule has 4 amide bonds. The van der Waals surface area contributed by atoms with Crippen molar-refractivity contribution in [1.82, 2.24) is 16.0 Å². The van der Waals surface area contributed by atoms with Gasteiger partial charge in [0.2, 0.25) is 23.6 Å². The second-order valence-corrected chi connectivity index (χ2v) is 7.62. The van der Waals surface area contributed by atoms with Crippen molar-refractivity contribution in [2.75, 3.05) is 17.8 Å². The second kappa shape index (κ2) is 14.1. The van der Waals surface area contributed by atoms with Crippen LogP contribution in [0.25, 0.3) is 0 Å². The predicted molar refractivity (Wildman–Crippen MR) is 112 cm³/mol. The molecule has 0 aliphatic carbocycles. The second-order valence-electron chi connectivity index (χ2n) is 6.27. The molecular weight excluding hydrogens is 422 g/mol. The van der Waals surface area contributed by atoms with E-state index in [1.54, 1.807) is 0 Å². The average molecular weight is 452 g/mol. The Morgan fingerprint density at radius 1 is 1.00 bits per heavy atom. The lowest BCUT2D eigenvalue weighted by molar-refractivity contribution is -0.141. The first kappa shape index (κ1) is 27.0. The molecule has 0 aliphatic rings. The maximum atomic E-state index is 12.5. The van der Waals surface area contributed by atoms with Crippen LogP contribution >= 0.6 is 24.4 Å². The van der Waals surface area contributed by atoms with Crippen molar-refractivity contribution < 1.29 is 29.1 Å². The summed E-state index contributed by atoms with van der Waals surface area (Å²) in [5, 5.41) is 16.1. The zero-order valence-electron chi connectivity index (χ0n) is 16.3. The molecule has 29 heavy (non-hydrogen) atoms. The number of carbonyl (C=O) groups is 5. The van der Waals surface area contributed by atoms with Gasteiger partial charge in [-0.25, -0.2) is 0 Å². The highest BCUT2D eigenvalue weighted by atomic mass is 32.2. The molecule has 4 unspecified atom stereocenters. The van der Waals surface area contributed by atoms with Crippen LogP contribution in [0.3, 0.4) is 0 Å². The predicted octanol–water partition coefficient (Wildman–Crippen LogP) is -2.18. The number of thiol groups is 1. The van der Waals surface area contributed by atoms with Crippen molar-refractivity contribution >= 4 is 54.0 Å². The third-order valence-electron chi connectivity index (χ3n) is 3.83. The van der Waals surface area contributed by atoms with Gasteiger partial charge in [-0.3, -0.25) is 24.0 Å². The van der Waals surface area contributed by atoms with Crippen molar-refractivity contribution in [3.63, 3.8) is 0 Å². The zero-order chi connectivity index (χ0) is 22.6. The normalized spacial score (nSPS) is 14.8. The van der Waals surface area contributed by atoms with Crippen LogP contribution in [0.2, 0.25) is 0 Å². The zero-order valence-corrected chi connectivity index (χ0v) is 18.1. The number of nitrogens with two attached hydrogens (primary N) is 2. The van der Waals surface area contributed by atoms with Crippen LogP contribution in [0, 0.1) is 0 Å². The summed E-state index contributed by atoms with van der Waals surface area (Å²) in [5.74, 6) is -3.32. The minimum Gasteiger partial charge on any atom is -0.480 e. The Hall–Kier alpha value is -1.99. The molecule has 0 rings (SSSR count). The standard InChI is InChI=1S/C16H29N5O6S2/c1-8(16(26)27)19-14(24)10(5-6-29-2)20-15(25)11(7-28)21-13(23)9(17)3-4-12(18)22/h8-11,28H,3-7,17H2,1-2H3,(H2,18,22)(H,19,24)(H,20,25)(H,21,23)(H,26,27). The Morgan fingerprint density at radius 2 is 1.55 bits per heavy atom. The Balaban J connectivity index is 4.99. The molecule has 11 nitrogen and oxygen atoms in total. The summed E-state index contributed by atoms with van der Waals surface area (Å²) in [7, 11) is 0. The van der Waals surface area contributed by atoms with E-state index in [1.807, 2.05) is 6.26 Å². The summed E-state index contributed by atoms with van der Waals surface area (Å²) in [6, 6.07) is -4.23. The number of thioether (sulfide) groups is 1. The minimum absolute atomic E-state index is 0.0217. The van der Waals surface area contributed by atoms with Crippen LogP contribution in [-0.4, -0.2) is 76.6 Å². The molecule has 0 aromatic heterocycles. The number of nitrogens with one attached hydrogen (secondary N) is 3. The summed E-state index contributed by atoms with van der Waals surface area (Å²) in [5.41, 5.74) is 10.7. The number of rotatable bonds is 14. The van der Waals surface area contributed by atoms with Gasteiger partial charge in [0.15, 0.2) is 0 Å². The van der Waals surface area contributed by atoms with Crippen molar-refractivity contribution in [2.24, 2.45) is 11.5 Å². The van der Waals surface area contributed by atoms with E-state index in [0.717, 1.165) is 0 Å². The lowest BCUT2D eigenvalue weighted by Gasteiger charge is -2.23. The van der Waals surface area contributed by atoms with E-state index < -0.39 is 53.8 Å². The summed E-state index contributed by atoms with van der Waals surface area (Å²) >= 11 is 5.49. The number of hydrogen-bond acceptors (Lipinski definition) is 8. The molecule has 0 bridgehead atoms. The van der Waals surface area contributed by atoms with Crippen molar-refractivity contribution in [3.05, 3.63) is 0 Å². The quantitative estimate of drug-likeness (QED) is 0.145. The average Bonchev–Trinajstić information content (AvgIpc) is 2.66. The van der Waals surface area contributed by atoms with Gasteiger partial charge < -0.3 is 32.5 Å². The molecule has 0 aromatic carbocycles. The lowest BCUT2D eigenvalue weighted by Crippen LogP contribution is -2.57. The van der Waals surface area contributed by atoms with E-state index in [9.17, 15) is 24.0 Å². The van der Waals surface area contributed by atoms with E-state index >= 15 is 0 Å². The van der Waals surface area contributed by atoms with Crippen LogP contribution in [0.15, 0.2) is 0 Å². The molecule has 13 heteroatoms. The summed E-state index contributed by atoms with van der Waals surface area (Å²) in [4.78, 5) is 58.6. The Bertz CT molecular complexity index is 606. The molecule has 0 saturated heterocycles. The molecule has 0 radical (unpaired) electrons. The van der Waals surface area contributed by atoms with E-state index in [2.05, 4.69) is 28.6 Å². The van der Waals surface area contributed by atoms with Crippen molar-refractivity contribution in [1.29, 1.82) is 0 Å². The third kappa shape index (κ3) is 10.9. The fourth-order valence-corrected chi connectivity index (χ4v) is 2.78. The van der Waals surface area contributed by atoms with E-state index in [-0.39, 0.29) is 25.0 Å². The highest BCUT2D eigenvalue weighted by molar-refractivity contribution is 7.98. The maximum Gasteiger partial charge on any atom is 0.325 e. The Kier molecular flexibility index (Phi) is 13.1. The van der Waals surface area contributed by atoms with Gasteiger partial charge in [0.25, 0.3) is 0 Å². The molecule has 166 valence electrons. The molecule has 0 aliphatic heterocycles. The number of carboxylic acids is 1. The minimum atomic E-state index is -1.21. The van der Waals surface area contributed by atoms with Gasteiger partial charge in [0.05, 0.1) is 6.04 Å². The first-order chi connectivity index (χ1) is 13.5. The summed E-state index contributed by atoms with van der Waals surface area (Å²) < 4.78 is 0. The smallest absolute Gasteiger partial charge is 0.325 e. The maximum absolute atomic E-state index is 12.5. The van der Waals surface area contributed by atoms with Gasteiger partial charge in [0, 0.05) is 12.2 Å². The third-order valence-corrected chi connectivity index (χ3v) is 4.84. The molecule has 8 N–H and O–H groups in total. The number of primary amides is 1. The lowest BCUT2D eigenvalue weighted by atomic mass is 10.1. The van der Waals surface area contributed by atoms with Gasteiger partial charge in [-0.2, -0.15) is 24.4 Å². The summed E-state index contributed by atoms with van der Waals surface area (Å²) in [6.45, 7) is 1.30. The molecular formula is C16H29N5O6S2. The number of amides is 4. The fourth-order valence-electron chi connectivity index (χ4n) is 2.05. The monoisotopic (exact) mass is 451 g/mol. The van der Waals surface area contributed by atoms with Gasteiger partial charge in [-0.05, 0) is 31.8 Å². The number of carboxylic acid groups (broad SMARTS) is 1. The molecule has 0 heterocycles. The highest BCUT2D eigenvalue weighted by Gasteiger charge is 2.28. The van der Waals surface area contributed by atoms with Crippen LogP contribution in [0.1, 0.15) is 26.2 Å². The molecule has 0 fully saturated rings. The first-order valence-corrected chi connectivity index (χ1v) is 10.8. The Morgan fingerprint density at radius 3 is 2.03 bits per heavy atom. The van der Waals surface area contributed by atoms with Gasteiger partial charge in [-0.1, -0.05) is 0 Å². The molecule has 0 saturated carbocycles. The van der Waals surface area contributed by atoms with Crippen LogP contribution in [0.4, 0.5) is 0 Å². The number of aliphatic carboxylic acids is 1. The van der Waals surface area contributed by atoms with E-state index in [4.69, 9.17) is 16.6 Å². The summed E-state index contributed by atoms with van der Waals surface area (Å²) in [6.07, 6.45) is 2.02. The number of hydrogen-bond donors (Lipinski definition) is 7. The topological polar surface area (TPSA) is 194 Å². The van der Waals surface area contributed by atoms with E-state index in [0.29, 0.717) is 5.75 Å². The largest absolute Gasteiger partial charge is 0.480 e. The van der Waals surface area contributed by atoms with Gasteiger partial charge in [-0.15, -0.1) is 0 Å². The first-order valence-electron chi connectivity index (χ1n) is 8.81. The Labute approximate surface area is 178 Å². The van der Waals surface area contributed by atoms with Gasteiger partial charge in [0.1, 0.15) is 18.1 Å². The van der Waals surface area contributed by atoms with Gasteiger partial charge >= 0.3 is 5.97 Å². The van der Waals surface area contributed by atoms with Crippen LogP contribution < -0.4 is 27.4 Å².